The summed E-state index contributed by atoms with van der Waals surface area (Å²) in [5, 5.41) is 13.6. The molecule has 4 heteroatoms. The Morgan fingerprint density at radius 3 is 2.78 bits per heavy atom. The van der Waals surface area contributed by atoms with Gasteiger partial charge in [0.25, 0.3) is 0 Å². The average Bonchev–Trinajstić information content (AvgIpc) is 2.38. The zero-order valence-electron chi connectivity index (χ0n) is 9.98. The first-order valence-corrected chi connectivity index (χ1v) is 5.92. The van der Waals surface area contributed by atoms with Crippen molar-refractivity contribution >= 4 is 17.3 Å². The first-order valence-electron chi connectivity index (χ1n) is 5.54. The maximum Gasteiger partial charge on any atom is 0.120 e. The zero-order valence-corrected chi connectivity index (χ0v) is 10.7. The van der Waals surface area contributed by atoms with E-state index in [1.165, 1.54) is 0 Å². The Labute approximate surface area is 111 Å². The number of phenolic OH excluding ortho intramolecular Hbond substituents is 1. The van der Waals surface area contributed by atoms with Crippen LogP contribution in [0.1, 0.15) is 5.56 Å². The SMILES string of the molecule is COc1ccc(O)c(CNc2cccc(Cl)c2)c1. The fraction of sp³-hybridized carbons (Fsp3) is 0.143. The van der Waals surface area contributed by atoms with Crippen molar-refractivity contribution in [1.29, 1.82) is 0 Å². The van der Waals surface area contributed by atoms with Crippen LogP contribution in [0.2, 0.25) is 5.02 Å². The standard InChI is InChI=1S/C14H14ClNO2/c1-18-13-5-6-14(17)10(7-13)9-16-12-4-2-3-11(15)8-12/h2-8,16-17H,9H2,1H3. The summed E-state index contributed by atoms with van der Waals surface area (Å²) in [6.07, 6.45) is 0. The largest absolute Gasteiger partial charge is 0.508 e. The Morgan fingerprint density at radius 1 is 1.22 bits per heavy atom. The molecule has 0 unspecified atom stereocenters. The summed E-state index contributed by atoms with van der Waals surface area (Å²) >= 11 is 5.90. The van der Waals surface area contributed by atoms with Crippen LogP contribution in [-0.2, 0) is 6.54 Å². The Hall–Kier alpha value is -1.87. The van der Waals surface area contributed by atoms with E-state index in [2.05, 4.69) is 5.32 Å². The van der Waals surface area contributed by atoms with E-state index in [0.29, 0.717) is 11.6 Å². The number of ether oxygens (including phenoxy) is 1. The molecule has 0 heterocycles. The molecule has 2 aromatic carbocycles. The maximum absolute atomic E-state index is 9.74. The van der Waals surface area contributed by atoms with E-state index < -0.39 is 0 Å². The number of phenols is 1. The molecular formula is C14H14ClNO2. The van der Waals surface area contributed by atoms with Crippen LogP contribution in [-0.4, -0.2) is 12.2 Å². The lowest BCUT2D eigenvalue weighted by molar-refractivity contribution is 0.411. The first-order chi connectivity index (χ1) is 8.69. The lowest BCUT2D eigenvalue weighted by Gasteiger charge is -2.10. The minimum atomic E-state index is 0.241. The van der Waals surface area contributed by atoms with Gasteiger partial charge in [-0.05, 0) is 36.4 Å². The number of aromatic hydroxyl groups is 1. The molecule has 18 heavy (non-hydrogen) atoms. The zero-order chi connectivity index (χ0) is 13.0. The van der Waals surface area contributed by atoms with E-state index in [1.807, 2.05) is 24.3 Å². The number of methoxy groups -OCH3 is 1. The van der Waals surface area contributed by atoms with Gasteiger partial charge in [-0.2, -0.15) is 0 Å². The highest BCUT2D eigenvalue weighted by Crippen LogP contribution is 2.24. The number of hydrogen-bond donors (Lipinski definition) is 2. The molecule has 2 N–H and O–H groups in total. The molecule has 0 spiro atoms. The molecule has 2 aromatic rings. The third kappa shape index (κ3) is 3.08. The average molecular weight is 264 g/mol. The van der Waals surface area contributed by atoms with Crippen molar-refractivity contribution in [2.75, 3.05) is 12.4 Å². The van der Waals surface area contributed by atoms with Gasteiger partial charge in [0.1, 0.15) is 11.5 Å². The van der Waals surface area contributed by atoms with Crippen molar-refractivity contribution in [3.05, 3.63) is 53.1 Å². The van der Waals surface area contributed by atoms with Crippen LogP contribution in [0.3, 0.4) is 0 Å². The van der Waals surface area contributed by atoms with Crippen LogP contribution in [0.25, 0.3) is 0 Å². The predicted octanol–water partition coefficient (Wildman–Crippen LogP) is 3.67. The van der Waals surface area contributed by atoms with E-state index >= 15 is 0 Å². The lowest BCUT2D eigenvalue weighted by atomic mass is 10.2. The summed E-state index contributed by atoms with van der Waals surface area (Å²) in [4.78, 5) is 0. The summed E-state index contributed by atoms with van der Waals surface area (Å²) in [6.45, 7) is 0.503. The second-order valence-electron chi connectivity index (χ2n) is 3.86. The molecule has 0 aliphatic carbocycles. The second-order valence-corrected chi connectivity index (χ2v) is 4.29. The summed E-state index contributed by atoms with van der Waals surface area (Å²) in [7, 11) is 1.60. The van der Waals surface area contributed by atoms with Crippen LogP contribution >= 0.6 is 11.6 Å². The molecule has 0 fully saturated rings. The predicted molar refractivity (Wildman–Crippen MR) is 73.4 cm³/mol. The Bertz CT molecular complexity index is 543. The molecular weight excluding hydrogens is 250 g/mol. The van der Waals surface area contributed by atoms with E-state index in [1.54, 1.807) is 25.3 Å². The van der Waals surface area contributed by atoms with Gasteiger partial charge in [-0.15, -0.1) is 0 Å². The maximum atomic E-state index is 9.74. The number of hydrogen-bond acceptors (Lipinski definition) is 3. The highest BCUT2D eigenvalue weighted by Gasteiger charge is 2.03. The third-order valence-electron chi connectivity index (χ3n) is 2.59. The minimum Gasteiger partial charge on any atom is -0.508 e. The fourth-order valence-electron chi connectivity index (χ4n) is 1.63. The highest BCUT2D eigenvalue weighted by atomic mass is 35.5. The van der Waals surface area contributed by atoms with Gasteiger partial charge in [0.2, 0.25) is 0 Å². The molecule has 0 atom stereocenters. The molecule has 0 bridgehead atoms. The molecule has 2 rings (SSSR count). The number of halogens is 1. The van der Waals surface area contributed by atoms with E-state index in [0.717, 1.165) is 17.0 Å². The molecule has 0 saturated heterocycles. The van der Waals surface area contributed by atoms with Crippen molar-refractivity contribution < 1.29 is 9.84 Å². The van der Waals surface area contributed by atoms with Crippen molar-refractivity contribution in [3.63, 3.8) is 0 Å². The van der Waals surface area contributed by atoms with Gasteiger partial charge >= 0.3 is 0 Å². The van der Waals surface area contributed by atoms with Crippen LogP contribution in [0.4, 0.5) is 5.69 Å². The Balaban J connectivity index is 2.10. The van der Waals surface area contributed by atoms with Crippen molar-refractivity contribution in [3.8, 4) is 11.5 Å². The molecule has 3 nitrogen and oxygen atoms in total. The Morgan fingerprint density at radius 2 is 2.06 bits per heavy atom. The lowest BCUT2D eigenvalue weighted by Crippen LogP contribution is -2.00. The molecule has 0 aliphatic rings. The molecule has 0 saturated carbocycles. The van der Waals surface area contributed by atoms with Gasteiger partial charge in [-0.3, -0.25) is 0 Å². The molecule has 0 amide bonds. The summed E-state index contributed by atoms with van der Waals surface area (Å²) in [6, 6.07) is 12.6. The third-order valence-corrected chi connectivity index (χ3v) is 2.83. The summed E-state index contributed by atoms with van der Waals surface area (Å²) in [5.74, 6) is 0.959. The topological polar surface area (TPSA) is 41.5 Å². The molecule has 0 aromatic heterocycles. The molecule has 0 radical (unpaired) electrons. The summed E-state index contributed by atoms with van der Waals surface area (Å²) in [5.41, 5.74) is 1.68. The smallest absolute Gasteiger partial charge is 0.120 e. The summed E-state index contributed by atoms with van der Waals surface area (Å²) < 4.78 is 5.12. The molecule has 0 aliphatic heterocycles. The minimum absolute atomic E-state index is 0.241. The fourth-order valence-corrected chi connectivity index (χ4v) is 1.82. The highest BCUT2D eigenvalue weighted by molar-refractivity contribution is 6.30. The van der Waals surface area contributed by atoms with Gasteiger partial charge < -0.3 is 15.2 Å². The van der Waals surface area contributed by atoms with Crippen LogP contribution in [0.5, 0.6) is 11.5 Å². The van der Waals surface area contributed by atoms with Gasteiger partial charge in [0.15, 0.2) is 0 Å². The normalized spacial score (nSPS) is 10.1. The van der Waals surface area contributed by atoms with Gasteiger partial charge in [0, 0.05) is 22.8 Å². The number of benzene rings is 2. The Kier molecular flexibility index (Phi) is 3.95. The first kappa shape index (κ1) is 12.6. The van der Waals surface area contributed by atoms with Gasteiger partial charge in [0.05, 0.1) is 7.11 Å². The van der Waals surface area contributed by atoms with E-state index in [9.17, 15) is 5.11 Å². The number of nitrogens with one attached hydrogen (secondary N) is 1. The number of rotatable bonds is 4. The van der Waals surface area contributed by atoms with Crippen LogP contribution in [0.15, 0.2) is 42.5 Å². The van der Waals surface area contributed by atoms with Gasteiger partial charge in [-0.25, -0.2) is 0 Å². The second kappa shape index (κ2) is 5.65. The van der Waals surface area contributed by atoms with Gasteiger partial charge in [-0.1, -0.05) is 17.7 Å². The van der Waals surface area contributed by atoms with E-state index in [4.69, 9.17) is 16.3 Å². The molecule has 94 valence electrons. The van der Waals surface area contributed by atoms with Crippen molar-refractivity contribution in [2.45, 2.75) is 6.54 Å². The van der Waals surface area contributed by atoms with Crippen molar-refractivity contribution in [1.82, 2.24) is 0 Å². The monoisotopic (exact) mass is 263 g/mol. The van der Waals surface area contributed by atoms with E-state index in [-0.39, 0.29) is 5.75 Å². The van der Waals surface area contributed by atoms with Crippen LogP contribution < -0.4 is 10.1 Å². The van der Waals surface area contributed by atoms with Crippen LogP contribution in [0, 0.1) is 0 Å². The number of anilines is 1. The quantitative estimate of drug-likeness (QED) is 0.884. The van der Waals surface area contributed by atoms with Crippen molar-refractivity contribution in [2.24, 2.45) is 0 Å².